The molecule has 13 heteroatoms. The van der Waals surface area contributed by atoms with E-state index in [-0.39, 0.29) is 12.1 Å². The van der Waals surface area contributed by atoms with Gasteiger partial charge in [0.2, 0.25) is 5.95 Å². The van der Waals surface area contributed by atoms with Crippen LogP contribution in [0.5, 0.6) is 0 Å². The van der Waals surface area contributed by atoms with E-state index in [4.69, 9.17) is 27.8 Å². The summed E-state index contributed by atoms with van der Waals surface area (Å²) in [5.41, 5.74) is 15.0. The summed E-state index contributed by atoms with van der Waals surface area (Å²) >= 11 is 6.90. The van der Waals surface area contributed by atoms with Gasteiger partial charge < -0.3 is 37.1 Å². The number of nitrogen functional groups attached to an aromatic ring is 2. The second kappa shape index (κ2) is 8.77. The minimum atomic E-state index is -0.375. The van der Waals surface area contributed by atoms with Gasteiger partial charge in [0, 0.05) is 30.9 Å². The lowest BCUT2D eigenvalue weighted by molar-refractivity contribution is 0.166. The number of hydrogen-bond donors (Lipinski definition) is 5. The van der Waals surface area contributed by atoms with Crippen molar-refractivity contribution in [3.8, 4) is 0 Å². The number of nitrogens with one attached hydrogen (secondary N) is 3. The van der Waals surface area contributed by atoms with Crippen LogP contribution in [-0.4, -0.2) is 58.0 Å². The standard InChI is InChI=1S/C23H29ClN10O2/c1-36-23(35)29-15-4-11-9-33(10-12(11)5-15)17-7-13(25)6-16(19(17)24)30-22-31-20(28-14-2-3-14)21-27-8-18(26)34(21)32-22/h6-8,11-12,14-15H,2-5,9-10,25-26H2,1H3,(H,29,35)(H2,28,30,31,32)/t11-,12+,15-. The van der Waals surface area contributed by atoms with Crippen LogP contribution in [0.1, 0.15) is 25.7 Å². The Labute approximate surface area is 212 Å². The number of halogens is 1. The molecular formula is C23H29ClN10O2. The van der Waals surface area contributed by atoms with Crippen molar-refractivity contribution < 1.29 is 9.53 Å². The molecule has 3 fully saturated rings. The lowest BCUT2D eigenvalue weighted by Gasteiger charge is -2.24. The average molecular weight is 513 g/mol. The molecule has 12 nitrogen and oxygen atoms in total. The Morgan fingerprint density at radius 3 is 2.61 bits per heavy atom. The summed E-state index contributed by atoms with van der Waals surface area (Å²) in [6, 6.07) is 4.20. The van der Waals surface area contributed by atoms with Crippen LogP contribution in [0.25, 0.3) is 5.65 Å². The van der Waals surface area contributed by atoms with E-state index in [0.717, 1.165) is 44.5 Å². The fourth-order valence-corrected chi connectivity index (χ4v) is 5.66. The molecule has 2 aliphatic carbocycles. The Kier molecular flexibility index (Phi) is 5.55. The van der Waals surface area contributed by atoms with Gasteiger partial charge in [0.1, 0.15) is 5.82 Å². The van der Waals surface area contributed by atoms with Crippen molar-refractivity contribution in [1.29, 1.82) is 0 Å². The Balaban J connectivity index is 1.23. The molecule has 1 saturated heterocycles. The number of anilines is 6. The molecule has 1 aromatic carbocycles. The zero-order valence-corrected chi connectivity index (χ0v) is 20.6. The Morgan fingerprint density at radius 2 is 1.92 bits per heavy atom. The van der Waals surface area contributed by atoms with Gasteiger partial charge in [-0.2, -0.15) is 9.50 Å². The van der Waals surface area contributed by atoms with E-state index >= 15 is 0 Å². The fourth-order valence-electron chi connectivity index (χ4n) is 5.38. The highest BCUT2D eigenvalue weighted by atomic mass is 35.5. The molecular weight excluding hydrogens is 484 g/mol. The van der Waals surface area contributed by atoms with E-state index in [0.29, 0.717) is 57.5 Å². The minimum absolute atomic E-state index is 0.143. The number of ether oxygens (including phenoxy) is 1. The summed E-state index contributed by atoms with van der Waals surface area (Å²) < 4.78 is 6.30. The van der Waals surface area contributed by atoms with Crippen LogP contribution in [0.15, 0.2) is 18.3 Å². The van der Waals surface area contributed by atoms with Crippen LogP contribution >= 0.6 is 11.6 Å². The maximum atomic E-state index is 11.6. The van der Waals surface area contributed by atoms with E-state index in [1.54, 1.807) is 16.8 Å². The first kappa shape index (κ1) is 22.8. The van der Waals surface area contributed by atoms with Gasteiger partial charge >= 0.3 is 6.09 Å². The first-order chi connectivity index (χ1) is 17.4. The molecule has 190 valence electrons. The highest BCUT2D eigenvalue weighted by Gasteiger charge is 2.42. The summed E-state index contributed by atoms with van der Waals surface area (Å²) in [4.78, 5) is 22.8. The Morgan fingerprint density at radius 1 is 1.17 bits per heavy atom. The molecule has 3 atom stereocenters. The van der Waals surface area contributed by atoms with E-state index in [2.05, 4.69) is 35.9 Å². The number of carbonyl (C=O) groups excluding carboxylic acids is 1. The smallest absolute Gasteiger partial charge is 0.407 e. The number of carbonyl (C=O) groups is 1. The molecule has 0 unspecified atom stereocenters. The third-order valence-corrected chi connectivity index (χ3v) is 7.63. The van der Waals surface area contributed by atoms with Crippen molar-refractivity contribution in [1.82, 2.24) is 24.9 Å². The van der Waals surface area contributed by atoms with Gasteiger partial charge in [-0.1, -0.05) is 11.6 Å². The quantitative estimate of drug-likeness (QED) is 0.310. The maximum absolute atomic E-state index is 11.6. The number of rotatable bonds is 6. The molecule has 2 aromatic heterocycles. The zero-order chi connectivity index (χ0) is 25.0. The second-order valence-electron chi connectivity index (χ2n) is 9.88. The highest BCUT2D eigenvalue weighted by molar-refractivity contribution is 6.36. The summed E-state index contributed by atoms with van der Waals surface area (Å²) in [7, 11) is 1.39. The van der Waals surface area contributed by atoms with Crippen molar-refractivity contribution in [3.05, 3.63) is 23.4 Å². The SMILES string of the molecule is COC(=O)N[C@@H]1C[C@@H]2CN(c3cc(N)cc(Nc4nc(NC5CC5)c5ncc(N)n5n4)c3Cl)C[C@@H]2C1. The number of imidazole rings is 1. The number of alkyl carbamates (subject to hydrolysis) is 1. The van der Waals surface area contributed by atoms with Crippen LogP contribution in [-0.2, 0) is 4.74 Å². The topological polar surface area (TPSA) is 161 Å². The number of nitrogens with two attached hydrogens (primary N) is 2. The van der Waals surface area contributed by atoms with Gasteiger partial charge in [0.05, 0.1) is 29.7 Å². The number of nitrogens with zero attached hydrogens (tertiary/aromatic N) is 5. The highest BCUT2D eigenvalue weighted by Crippen LogP contribution is 2.44. The molecule has 6 rings (SSSR count). The van der Waals surface area contributed by atoms with Gasteiger partial charge in [0.25, 0.3) is 0 Å². The van der Waals surface area contributed by atoms with Gasteiger partial charge in [-0.15, -0.1) is 5.10 Å². The van der Waals surface area contributed by atoms with Gasteiger partial charge in [-0.25, -0.2) is 9.78 Å². The summed E-state index contributed by atoms with van der Waals surface area (Å²) in [5, 5.41) is 14.6. The largest absolute Gasteiger partial charge is 0.453 e. The molecule has 2 saturated carbocycles. The molecule has 1 aliphatic heterocycles. The van der Waals surface area contributed by atoms with Crippen molar-refractivity contribution >= 4 is 58.0 Å². The summed E-state index contributed by atoms with van der Waals surface area (Å²) in [6.45, 7) is 1.69. The van der Waals surface area contributed by atoms with E-state index in [9.17, 15) is 4.79 Å². The number of benzene rings is 1. The second-order valence-corrected chi connectivity index (χ2v) is 10.3. The van der Waals surface area contributed by atoms with E-state index in [1.165, 1.54) is 7.11 Å². The van der Waals surface area contributed by atoms with Crippen molar-refractivity contribution in [3.63, 3.8) is 0 Å². The van der Waals surface area contributed by atoms with Crippen molar-refractivity contribution in [2.75, 3.05) is 47.2 Å². The van der Waals surface area contributed by atoms with E-state index < -0.39 is 0 Å². The van der Waals surface area contributed by atoms with Gasteiger partial charge in [-0.3, -0.25) is 0 Å². The first-order valence-corrected chi connectivity index (χ1v) is 12.5. The van der Waals surface area contributed by atoms with E-state index in [1.807, 2.05) is 6.07 Å². The predicted octanol–water partition coefficient (Wildman–Crippen LogP) is 2.83. The van der Waals surface area contributed by atoms with Crippen LogP contribution in [0, 0.1) is 11.8 Å². The average Bonchev–Trinajstić information content (AvgIpc) is 3.28. The number of aromatic nitrogens is 4. The monoisotopic (exact) mass is 512 g/mol. The molecule has 0 spiro atoms. The normalized spacial score (nSPS) is 23.1. The predicted molar refractivity (Wildman–Crippen MR) is 139 cm³/mol. The zero-order valence-electron chi connectivity index (χ0n) is 19.9. The number of amides is 1. The molecule has 3 aromatic rings. The summed E-state index contributed by atoms with van der Waals surface area (Å²) in [6.07, 6.45) is 5.21. The Bertz CT molecular complexity index is 1310. The molecule has 7 N–H and O–H groups in total. The van der Waals surface area contributed by atoms with Gasteiger partial charge in [-0.05, 0) is 49.7 Å². The lowest BCUT2D eigenvalue weighted by Crippen LogP contribution is -2.34. The van der Waals surface area contributed by atoms with Crippen LogP contribution < -0.4 is 32.3 Å². The third kappa shape index (κ3) is 4.25. The molecule has 3 heterocycles. The lowest BCUT2D eigenvalue weighted by atomic mass is 10.0. The minimum Gasteiger partial charge on any atom is -0.453 e. The van der Waals surface area contributed by atoms with Crippen molar-refractivity contribution in [2.24, 2.45) is 11.8 Å². The first-order valence-electron chi connectivity index (χ1n) is 12.1. The molecule has 3 aliphatic rings. The number of methoxy groups -OCH3 is 1. The maximum Gasteiger partial charge on any atom is 0.407 e. The third-order valence-electron chi connectivity index (χ3n) is 7.23. The van der Waals surface area contributed by atoms with Gasteiger partial charge in [0.15, 0.2) is 11.5 Å². The number of fused-ring (bicyclic) bond motifs is 2. The molecule has 0 bridgehead atoms. The Hall–Kier alpha value is -3.67. The van der Waals surface area contributed by atoms with Crippen LogP contribution in [0.4, 0.5) is 39.4 Å². The van der Waals surface area contributed by atoms with Crippen LogP contribution in [0.3, 0.4) is 0 Å². The number of hydrogen-bond acceptors (Lipinski definition) is 10. The molecule has 0 radical (unpaired) electrons. The van der Waals surface area contributed by atoms with Crippen LogP contribution in [0.2, 0.25) is 5.02 Å². The molecule has 36 heavy (non-hydrogen) atoms. The van der Waals surface area contributed by atoms with Crippen molar-refractivity contribution in [2.45, 2.75) is 37.8 Å². The fraction of sp³-hybridized carbons (Fsp3) is 0.478. The molecule has 1 amide bonds. The summed E-state index contributed by atoms with van der Waals surface area (Å²) in [5.74, 6) is 2.30.